The molecule has 1 unspecified atom stereocenters. The fourth-order valence-corrected chi connectivity index (χ4v) is 3.88. The summed E-state index contributed by atoms with van der Waals surface area (Å²) in [6.07, 6.45) is 5.99. The standard InChI is InChI=1S/C26H22FIO5/c27-23-13-14-24(33-28)22(16-23)12-7-18(15-19-5-10-21(11-6-19)26(31)32)2-1-17-3-8-20(9-4-17)25(29)30/h3-14,16,18H,1-2,15H2,(H,29,30)(H,31,32)/b12-7+. The Bertz CT molecular complexity index is 1140. The van der Waals surface area contributed by atoms with Crippen LogP contribution in [0.4, 0.5) is 4.39 Å². The van der Waals surface area contributed by atoms with Gasteiger partial charge in [-0.2, -0.15) is 0 Å². The maximum atomic E-state index is 13.7. The smallest absolute Gasteiger partial charge is 0.335 e. The van der Waals surface area contributed by atoms with Gasteiger partial charge >= 0.3 is 11.9 Å². The van der Waals surface area contributed by atoms with Crippen molar-refractivity contribution in [1.29, 1.82) is 0 Å². The lowest BCUT2D eigenvalue weighted by molar-refractivity contribution is 0.0686. The summed E-state index contributed by atoms with van der Waals surface area (Å²) >= 11 is 1.76. The molecule has 0 aliphatic heterocycles. The van der Waals surface area contributed by atoms with Crippen LogP contribution in [0.15, 0.2) is 72.8 Å². The van der Waals surface area contributed by atoms with E-state index in [1.54, 1.807) is 77.6 Å². The first-order valence-electron chi connectivity index (χ1n) is 10.3. The highest BCUT2D eigenvalue weighted by atomic mass is 127. The summed E-state index contributed by atoms with van der Waals surface area (Å²) in [5.41, 5.74) is 3.10. The van der Waals surface area contributed by atoms with Crippen LogP contribution in [-0.2, 0) is 12.8 Å². The van der Waals surface area contributed by atoms with Gasteiger partial charge in [-0.15, -0.1) is 0 Å². The van der Waals surface area contributed by atoms with Gasteiger partial charge in [-0.25, -0.2) is 14.0 Å². The molecule has 7 heteroatoms. The second-order valence-corrected chi connectivity index (χ2v) is 8.07. The van der Waals surface area contributed by atoms with Gasteiger partial charge in [0.15, 0.2) is 23.0 Å². The van der Waals surface area contributed by atoms with Crippen LogP contribution in [0.25, 0.3) is 6.08 Å². The fraction of sp³-hybridized carbons (Fsp3) is 0.154. The second-order valence-electron chi connectivity index (χ2n) is 7.63. The van der Waals surface area contributed by atoms with Gasteiger partial charge in [0.05, 0.1) is 11.1 Å². The highest BCUT2D eigenvalue weighted by Gasteiger charge is 2.11. The van der Waals surface area contributed by atoms with E-state index in [1.165, 1.54) is 12.1 Å². The molecular weight excluding hydrogens is 538 g/mol. The molecule has 33 heavy (non-hydrogen) atoms. The number of carboxylic acid groups (broad SMARTS) is 2. The lowest BCUT2D eigenvalue weighted by Crippen LogP contribution is -2.05. The molecule has 0 bridgehead atoms. The summed E-state index contributed by atoms with van der Waals surface area (Å²) < 4.78 is 19.0. The molecule has 0 heterocycles. The summed E-state index contributed by atoms with van der Waals surface area (Å²) in [7, 11) is 0. The van der Waals surface area contributed by atoms with Crippen LogP contribution >= 0.6 is 23.0 Å². The van der Waals surface area contributed by atoms with Crippen LogP contribution in [0.1, 0.15) is 43.8 Å². The number of aryl methyl sites for hydroxylation is 1. The molecule has 5 nitrogen and oxygen atoms in total. The maximum Gasteiger partial charge on any atom is 0.335 e. The van der Waals surface area contributed by atoms with Gasteiger partial charge in [0, 0.05) is 5.56 Å². The van der Waals surface area contributed by atoms with Gasteiger partial charge in [-0.05, 0) is 78.8 Å². The number of hydrogen-bond acceptors (Lipinski definition) is 3. The van der Waals surface area contributed by atoms with Crippen LogP contribution in [0.5, 0.6) is 5.75 Å². The summed E-state index contributed by atoms with van der Waals surface area (Å²) in [6.45, 7) is 0. The van der Waals surface area contributed by atoms with Crippen LogP contribution in [-0.4, -0.2) is 22.2 Å². The number of benzene rings is 3. The van der Waals surface area contributed by atoms with Gasteiger partial charge < -0.3 is 13.3 Å². The quantitative estimate of drug-likeness (QED) is 0.279. The van der Waals surface area contributed by atoms with Crippen LogP contribution in [0, 0.1) is 11.7 Å². The van der Waals surface area contributed by atoms with Crippen molar-refractivity contribution < 1.29 is 27.3 Å². The molecule has 0 aliphatic carbocycles. The Balaban J connectivity index is 1.79. The first kappa shape index (κ1) is 24.4. The van der Waals surface area contributed by atoms with E-state index in [4.69, 9.17) is 13.3 Å². The minimum absolute atomic E-state index is 0.0742. The number of allylic oxidation sites excluding steroid dienone is 1. The number of hydrogen-bond donors (Lipinski definition) is 2. The fourth-order valence-electron chi connectivity index (χ4n) is 3.48. The van der Waals surface area contributed by atoms with Crippen LogP contribution in [0.3, 0.4) is 0 Å². The molecule has 0 fully saturated rings. The summed E-state index contributed by atoms with van der Waals surface area (Å²) in [6, 6.07) is 17.9. The first-order chi connectivity index (χ1) is 15.9. The molecular formula is C26H22FIO5. The SMILES string of the molecule is O=C(O)c1ccc(CCC(/C=C/c2cc(F)ccc2OI)Cc2ccc(C(=O)O)cc2)cc1. The zero-order valence-corrected chi connectivity index (χ0v) is 19.7. The van der Waals surface area contributed by atoms with Gasteiger partial charge in [-0.3, -0.25) is 0 Å². The molecule has 0 saturated carbocycles. The summed E-state index contributed by atoms with van der Waals surface area (Å²) in [5, 5.41) is 18.2. The largest absolute Gasteiger partial charge is 0.478 e. The van der Waals surface area contributed by atoms with E-state index < -0.39 is 11.9 Å². The van der Waals surface area contributed by atoms with Gasteiger partial charge in [0.1, 0.15) is 11.6 Å². The molecule has 170 valence electrons. The Morgan fingerprint density at radius 2 is 1.48 bits per heavy atom. The first-order valence-corrected chi connectivity index (χ1v) is 11.1. The number of aromatic carboxylic acids is 2. The summed E-state index contributed by atoms with van der Waals surface area (Å²) in [5.74, 6) is -1.66. The molecule has 3 rings (SSSR count). The monoisotopic (exact) mass is 560 g/mol. The maximum absolute atomic E-state index is 13.7. The van der Waals surface area contributed by atoms with Crippen molar-refractivity contribution in [2.75, 3.05) is 0 Å². The Morgan fingerprint density at radius 1 is 0.909 bits per heavy atom. The van der Waals surface area contributed by atoms with E-state index in [9.17, 15) is 14.0 Å². The topological polar surface area (TPSA) is 83.8 Å². The van der Waals surface area contributed by atoms with Crippen molar-refractivity contribution in [1.82, 2.24) is 0 Å². The third-order valence-corrected chi connectivity index (χ3v) is 5.78. The molecule has 0 saturated heterocycles. The average molecular weight is 560 g/mol. The molecule has 0 aromatic heterocycles. The number of rotatable bonds is 10. The molecule has 0 radical (unpaired) electrons. The van der Waals surface area contributed by atoms with Crippen LogP contribution < -0.4 is 3.07 Å². The highest BCUT2D eigenvalue weighted by molar-refractivity contribution is 14.1. The third kappa shape index (κ3) is 7.15. The van der Waals surface area contributed by atoms with Gasteiger partial charge in [-0.1, -0.05) is 36.4 Å². The lowest BCUT2D eigenvalue weighted by atomic mass is 9.91. The van der Waals surface area contributed by atoms with Gasteiger partial charge in [0.2, 0.25) is 0 Å². The van der Waals surface area contributed by atoms with E-state index in [0.717, 1.165) is 24.0 Å². The normalized spacial score (nSPS) is 11.9. The van der Waals surface area contributed by atoms with E-state index in [1.807, 2.05) is 12.2 Å². The Morgan fingerprint density at radius 3 is 2.03 bits per heavy atom. The minimum Gasteiger partial charge on any atom is -0.478 e. The van der Waals surface area contributed by atoms with E-state index in [2.05, 4.69) is 0 Å². The van der Waals surface area contributed by atoms with Crippen molar-refractivity contribution >= 4 is 41.0 Å². The van der Waals surface area contributed by atoms with Crippen molar-refractivity contribution in [2.24, 2.45) is 5.92 Å². The predicted octanol–water partition coefficient (Wildman–Crippen LogP) is 6.46. The molecule has 0 spiro atoms. The Hall–Kier alpha value is -3.20. The molecule has 1 atom stereocenters. The third-order valence-electron chi connectivity index (χ3n) is 5.31. The zero-order valence-electron chi connectivity index (χ0n) is 17.6. The van der Waals surface area contributed by atoms with Gasteiger partial charge in [0.25, 0.3) is 0 Å². The average Bonchev–Trinajstić information content (AvgIpc) is 2.81. The predicted molar refractivity (Wildman–Crippen MR) is 132 cm³/mol. The molecule has 0 amide bonds. The molecule has 2 N–H and O–H groups in total. The van der Waals surface area contributed by atoms with Crippen molar-refractivity contribution in [2.45, 2.75) is 19.3 Å². The van der Waals surface area contributed by atoms with Crippen molar-refractivity contribution in [3.63, 3.8) is 0 Å². The number of carbonyl (C=O) groups is 2. The van der Waals surface area contributed by atoms with Crippen molar-refractivity contribution in [3.8, 4) is 5.75 Å². The van der Waals surface area contributed by atoms with E-state index in [-0.39, 0.29) is 22.9 Å². The summed E-state index contributed by atoms with van der Waals surface area (Å²) in [4.78, 5) is 22.2. The van der Waals surface area contributed by atoms with Crippen molar-refractivity contribution in [3.05, 3.63) is 106 Å². The Labute approximate surface area is 205 Å². The Kier molecular flexibility index (Phi) is 8.59. The lowest BCUT2D eigenvalue weighted by Gasteiger charge is -2.14. The molecule has 0 aliphatic rings. The zero-order chi connectivity index (χ0) is 23.8. The minimum atomic E-state index is -0.972. The van der Waals surface area contributed by atoms with E-state index in [0.29, 0.717) is 17.7 Å². The molecule has 3 aromatic carbocycles. The van der Waals surface area contributed by atoms with Crippen LogP contribution in [0.2, 0.25) is 0 Å². The number of carboxylic acids is 2. The second kappa shape index (κ2) is 11.6. The van der Waals surface area contributed by atoms with E-state index >= 15 is 0 Å². The number of halogens is 2. The highest BCUT2D eigenvalue weighted by Crippen LogP contribution is 2.25. The molecule has 3 aromatic rings.